The van der Waals surface area contributed by atoms with Crippen molar-refractivity contribution < 1.29 is 14.7 Å². The van der Waals surface area contributed by atoms with Crippen molar-refractivity contribution in [1.82, 2.24) is 10.2 Å². The highest BCUT2D eigenvalue weighted by molar-refractivity contribution is 6.07. The van der Waals surface area contributed by atoms with Crippen molar-refractivity contribution in [3.63, 3.8) is 0 Å². The predicted octanol–water partition coefficient (Wildman–Crippen LogP) is 1.08. The van der Waals surface area contributed by atoms with Crippen LogP contribution in [0, 0.1) is 6.92 Å². The third kappa shape index (κ3) is 2.69. The zero-order chi connectivity index (χ0) is 12.3. The van der Waals surface area contributed by atoms with Crippen molar-refractivity contribution in [2.75, 3.05) is 5.32 Å². The Morgan fingerprint density at radius 3 is 2.44 bits per heavy atom. The number of carbonyl (C=O) groups is 2. The van der Waals surface area contributed by atoms with Gasteiger partial charge in [-0.05, 0) is 20.8 Å². The Morgan fingerprint density at radius 2 is 2.00 bits per heavy atom. The first kappa shape index (κ1) is 12.0. The van der Waals surface area contributed by atoms with Crippen LogP contribution in [0.5, 0.6) is 0 Å². The minimum atomic E-state index is -1.11. The van der Waals surface area contributed by atoms with Gasteiger partial charge in [-0.1, -0.05) is 0 Å². The quantitative estimate of drug-likeness (QED) is 0.668. The van der Waals surface area contributed by atoms with E-state index < -0.39 is 11.9 Å². The first-order valence-electron chi connectivity index (χ1n) is 4.66. The van der Waals surface area contributed by atoms with Crippen LogP contribution in [0.1, 0.15) is 19.5 Å². The molecule has 0 aliphatic carbocycles. The lowest BCUT2D eigenvalue weighted by atomic mass is 10.1. The van der Waals surface area contributed by atoms with Crippen molar-refractivity contribution in [3.8, 4) is 0 Å². The Hall–Kier alpha value is -2.11. The smallest absolute Gasteiger partial charge is 0.331 e. The fourth-order valence-corrected chi connectivity index (χ4v) is 1.02. The molecule has 0 radical (unpaired) electrons. The van der Waals surface area contributed by atoms with E-state index in [1.165, 1.54) is 13.8 Å². The van der Waals surface area contributed by atoms with Gasteiger partial charge in [0.25, 0.3) is 5.91 Å². The number of nitrogens with zero attached hydrogens (tertiary/aromatic N) is 1. The lowest BCUT2D eigenvalue weighted by molar-refractivity contribution is -0.133. The van der Waals surface area contributed by atoms with Gasteiger partial charge in [-0.3, -0.25) is 9.89 Å². The summed E-state index contributed by atoms with van der Waals surface area (Å²) in [5.41, 5.74) is 0.991. The lowest BCUT2D eigenvalue weighted by Gasteiger charge is -2.03. The molecule has 1 heterocycles. The van der Waals surface area contributed by atoms with E-state index in [4.69, 9.17) is 5.11 Å². The molecule has 86 valence electrons. The molecule has 0 aliphatic heterocycles. The highest BCUT2D eigenvalue weighted by Crippen LogP contribution is 2.09. The zero-order valence-corrected chi connectivity index (χ0v) is 9.29. The maximum Gasteiger partial charge on any atom is 0.331 e. The predicted molar refractivity (Wildman–Crippen MR) is 58.0 cm³/mol. The Morgan fingerprint density at radius 1 is 1.38 bits per heavy atom. The summed E-state index contributed by atoms with van der Waals surface area (Å²) in [6, 6.07) is 1.65. The van der Waals surface area contributed by atoms with E-state index >= 15 is 0 Å². The van der Waals surface area contributed by atoms with E-state index in [0.717, 1.165) is 5.69 Å². The van der Waals surface area contributed by atoms with E-state index in [2.05, 4.69) is 15.5 Å². The Kier molecular flexibility index (Phi) is 3.44. The summed E-state index contributed by atoms with van der Waals surface area (Å²) in [5.74, 6) is -1.20. The number of hydrogen-bond donors (Lipinski definition) is 3. The van der Waals surface area contributed by atoms with Crippen molar-refractivity contribution >= 4 is 17.7 Å². The standard InChI is InChI=1S/C10H13N3O3/c1-5-4-8(13-12-5)11-9(14)6(2)7(3)10(15)16/h4H,1-3H3,(H,15,16)(H2,11,12,13,14). The number of aryl methyl sites for hydroxylation is 1. The van der Waals surface area contributed by atoms with Crippen LogP contribution >= 0.6 is 0 Å². The molecule has 0 fully saturated rings. The van der Waals surface area contributed by atoms with Crippen LogP contribution in [0.15, 0.2) is 17.2 Å². The van der Waals surface area contributed by atoms with E-state index in [1.807, 2.05) is 0 Å². The Labute approximate surface area is 92.4 Å². The molecule has 1 aromatic rings. The molecule has 1 amide bonds. The zero-order valence-electron chi connectivity index (χ0n) is 9.29. The summed E-state index contributed by atoms with van der Waals surface area (Å²) in [4.78, 5) is 22.2. The van der Waals surface area contributed by atoms with Gasteiger partial charge in [-0.2, -0.15) is 5.10 Å². The number of aromatic nitrogens is 2. The van der Waals surface area contributed by atoms with Crippen LogP contribution in [0.3, 0.4) is 0 Å². The molecular weight excluding hydrogens is 210 g/mol. The molecule has 6 nitrogen and oxygen atoms in total. The molecule has 3 N–H and O–H groups in total. The number of aliphatic carboxylic acids is 1. The van der Waals surface area contributed by atoms with E-state index in [-0.39, 0.29) is 11.1 Å². The lowest BCUT2D eigenvalue weighted by Crippen LogP contribution is -2.16. The number of nitrogens with one attached hydrogen (secondary N) is 2. The summed E-state index contributed by atoms with van der Waals surface area (Å²) in [6.45, 7) is 4.64. The number of H-pyrrole nitrogens is 1. The van der Waals surface area contributed by atoms with Crippen LogP contribution in [0.2, 0.25) is 0 Å². The topological polar surface area (TPSA) is 95.1 Å². The normalized spacial score (nSPS) is 11.9. The Balaban J connectivity index is 2.81. The van der Waals surface area contributed by atoms with Crippen LogP contribution < -0.4 is 5.32 Å². The van der Waals surface area contributed by atoms with Crippen LogP contribution in [-0.4, -0.2) is 27.2 Å². The van der Waals surface area contributed by atoms with Crippen LogP contribution in [-0.2, 0) is 9.59 Å². The molecule has 0 spiro atoms. The summed E-state index contributed by atoms with van der Waals surface area (Å²) >= 11 is 0. The van der Waals surface area contributed by atoms with Crippen molar-refractivity contribution in [2.45, 2.75) is 20.8 Å². The maximum atomic E-state index is 11.6. The van der Waals surface area contributed by atoms with Gasteiger partial charge < -0.3 is 10.4 Å². The number of amides is 1. The van der Waals surface area contributed by atoms with E-state index in [9.17, 15) is 9.59 Å². The molecule has 6 heteroatoms. The molecule has 0 saturated carbocycles. The number of rotatable bonds is 3. The average molecular weight is 223 g/mol. The van der Waals surface area contributed by atoms with Gasteiger partial charge in [0.15, 0.2) is 5.82 Å². The summed E-state index contributed by atoms with van der Waals surface area (Å²) in [5, 5.41) is 17.7. The molecule has 1 aromatic heterocycles. The maximum absolute atomic E-state index is 11.6. The fraction of sp³-hybridized carbons (Fsp3) is 0.300. The number of carboxylic acid groups (broad SMARTS) is 1. The number of aromatic amines is 1. The van der Waals surface area contributed by atoms with Gasteiger partial charge >= 0.3 is 5.97 Å². The number of hydrogen-bond acceptors (Lipinski definition) is 3. The molecule has 0 unspecified atom stereocenters. The van der Waals surface area contributed by atoms with Gasteiger partial charge in [0.2, 0.25) is 0 Å². The number of anilines is 1. The van der Waals surface area contributed by atoms with Gasteiger partial charge in [0, 0.05) is 22.9 Å². The molecule has 0 bridgehead atoms. The minimum absolute atomic E-state index is 0.0183. The summed E-state index contributed by atoms with van der Waals surface area (Å²) < 4.78 is 0. The second-order valence-electron chi connectivity index (χ2n) is 3.45. The monoisotopic (exact) mass is 223 g/mol. The summed E-state index contributed by atoms with van der Waals surface area (Å²) in [6.07, 6.45) is 0. The third-order valence-corrected chi connectivity index (χ3v) is 2.17. The highest BCUT2D eigenvalue weighted by Gasteiger charge is 2.13. The number of carbonyl (C=O) groups excluding carboxylic acids is 1. The van der Waals surface area contributed by atoms with Gasteiger partial charge in [-0.25, -0.2) is 4.79 Å². The van der Waals surface area contributed by atoms with E-state index in [0.29, 0.717) is 5.82 Å². The van der Waals surface area contributed by atoms with Crippen LogP contribution in [0.25, 0.3) is 0 Å². The molecule has 0 atom stereocenters. The van der Waals surface area contributed by atoms with Gasteiger partial charge in [-0.15, -0.1) is 0 Å². The van der Waals surface area contributed by atoms with Gasteiger partial charge in [0.05, 0.1) is 0 Å². The van der Waals surface area contributed by atoms with Gasteiger partial charge in [0.1, 0.15) is 0 Å². The van der Waals surface area contributed by atoms with E-state index in [1.54, 1.807) is 13.0 Å². The minimum Gasteiger partial charge on any atom is -0.478 e. The fourth-order valence-electron chi connectivity index (χ4n) is 1.02. The average Bonchev–Trinajstić information content (AvgIpc) is 2.61. The largest absolute Gasteiger partial charge is 0.478 e. The SMILES string of the molecule is CC(C(=O)O)=C(C)C(=O)Nc1cc(C)[nH]n1. The van der Waals surface area contributed by atoms with Crippen molar-refractivity contribution in [3.05, 3.63) is 22.9 Å². The molecule has 0 saturated heterocycles. The third-order valence-electron chi connectivity index (χ3n) is 2.17. The first-order valence-corrected chi connectivity index (χ1v) is 4.66. The second kappa shape index (κ2) is 4.61. The summed E-state index contributed by atoms with van der Waals surface area (Å²) in [7, 11) is 0. The van der Waals surface area contributed by atoms with Crippen LogP contribution in [0.4, 0.5) is 5.82 Å². The highest BCUT2D eigenvalue weighted by atomic mass is 16.4. The molecular formula is C10H13N3O3. The second-order valence-corrected chi connectivity index (χ2v) is 3.45. The molecule has 1 rings (SSSR count). The Bertz CT molecular complexity index is 460. The van der Waals surface area contributed by atoms with Crippen molar-refractivity contribution in [1.29, 1.82) is 0 Å². The molecule has 0 aliphatic rings. The van der Waals surface area contributed by atoms with Crippen molar-refractivity contribution in [2.24, 2.45) is 0 Å². The molecule has 16 heavy (non-hydrogen) atoms. The number of carboxylic acids is 1. The molecule has 0 aromatic carbocycles. The first-order chi connectivity index (χ1) is 7.41.